The number of rotatable bonds is 4. The van der Waals surface area contributed by atoms with Gasteiger partial charge in [0.25, 0.3) is 5.91 Å². The molecule has 0 saturated carbocycles. The molecule has 2 aromatic heterocycles. The van der Waals surface area contributed by atoms with E-state index in [0.717, 1.165) is 25.1 Å². The molecule has 24 heavy (non-hydrogen) atoms. The fraction of sp³-hybridized carbons (Fsp3) is 0.375. The lowest BCUT2D eigenvalue weighted by atomic mass is 10.1. The van der Waals surface area contributed by atoms with Crippen molar-refractivity contribution in [2.45, 2.75) is 32.4 Å². The summed E-state index contributed by atoms with van der Waals surface area (Å²) in [6.07, 6.45) is 7.97. The third-order valence-electron chi connectivity index (χ3n) is 3.95. The summed E-state index contributed by atoms with van der Waals surface area (Å²) in [4.78, 5) is 41.9. The SMILES string of the molecule is CC(=O)N1CCC[C@@H]1c1cncc(CNC(=O)c2ccncn2)n1. The zero-order chi connectivity index (χ0) is 16.9. The number of carbonyl (C=O) groups excluding carboxylic acids is 2. The van der Waals surface area contributed by atoms with Crippen LogP contribution in [0.25, 0.3) is 0 Å². The van der Waals surface area contributed by atoms with Crippen LogP contribution in [0.3, 0.4) is 0 Å². The van der Waals surface area contributed by atoms with E-state index in [1.807, 2.05) is 4.90 Å². The normalized spacial score (nSPS) is 16.9. The average Bonchev–Trinajstić information content (AvgIpc) is 3.11. The van der Waals surface area contributed by atoms with Gasteiger partial charge in [0.2, 0.25) is 5.91 Å². The number of amides is 2. The summed E-state index contributed by atoms with van der Waals surface area (Å²) in [5.74, 6) is -0.252. The predicted octanol–water partition coefficient (Wildman–Crippen LogP) is 0.880. The van der Waals surface area contributed by atoms with Gasteiger partial charge in [0.15, 0.2) is 0 Å². The first-order valence-corrected chi connectivity index (χ1v) is 7.77. The standard InChI is InChI=1S/C16H18N6O2/c1-11(23)22-6-2-3-15(22)14-9-18-7-12(21-14)8-19-16(24)13-4-5-17-10-20-13/h4-5,7,9-10,15H,2-3,6,8H2,1H3,(H,19,24)/t15-/m1/s1. The van der Waals surface area contributed by atoms with E-state index in [1.54, 1.807) is 25.4 Å². The molecule has 0 spiro atoms. The van der Waals surface area contributed by atoms with E-state index in [4.69, 9.17) is 0 Å². The lowest BCUT2D eigenvalue weighted by molar-refractivity contribution is -0.129. The van der Waals surface area contributed by atoms with E-state index >= 15 is 0 Å². The first-order chi connectivity index (χ1) is 11.6. The van der Waals surface area contributed by atoms with Crippen LogP contribution in [-0.2, 0) is 11.3 Å². The lowest BCUT2D eigenvalue weighted by Gasteiger charge is -2.22. The molecule has 124 valence electrons. The van der Waals surface area contributed by atoms with Crippen molar-refractivity contribution in [3.8, 4) is 0 Å². The van der Waals surface area contributed by atoms with Crippen molar-refractivity contribution in [3.05, 3.63) is 48.1 Å². The Bertz CT molecular complexity index is 736. The monoisotopic (exact) mass is 326 g/mol. The highest BCUT2D eigenvalue weighted by Gasteiger charge is 2.29. The fourth-order valence-corrected chi connectivity index (χ4v) is 2.81. The summed E-state index contributed by atoms with van der Waals surface area (Å²) in [5.41, 5.74) is 1.70. The Balaban J connectivity index is 1.67. The molecule has 1 atom stereocenters. The molecule has 3 rings (SSSR count). The molecule has 0 bridgehead atoms. The first kappa shape index (κ1) is 16.0. The Morgan fingerprint density at radius 3 is 2.96 bits per heavy atom. The molecule has 8 heteroatoms. The number of nitrogens with zero attached hydrogens (tertiary/aromatic N) is 5. The summed E-state index contributed by atoms with van der Waals surface area (Å²) in [5, 5.41) is 2.75. The first-order valence-electron chi connectivity index (χ1n) is 7.77. The Hall–Kier alpha value is -2.90. The number of nitrogens with one attached hydrogen (secondary N) is 1. The molecule has 1 aliphatic heterocycles. The number of hydrogen-bond donors (Lipinski definition) is 1. The van der Waals surface area contributed by atoms with Crippen LogP contribution in [0.5, 0.6) is 0 Å². The van der Waals surface area contributed by atoms with Crippen LogP contribution < -0.4 is 5.32 Å². The van der Waals surface area contributed by atoms with Crippen molar-refractivity contribution in [1.29, 1.82) is 0 Å². The predicted molar refractivity (Wildman–Crippen MR) is 84.6 cm³/mol. The molecule has 2 amide bonds. The van der Waals surface area contributed by atoms with Crippen molar-refractivity contribution in [2.75, 3.05) is 6.54 Å². The average molecular weight is 326 g/mol. The summed E-state index contributed by atoms with van der Waals surface area (Å²) < 4.78 is 0. The van der Waals surface area contributed by atoms with Crippen molar-refractivity contribution in [3.63, 3.8) is 0 Å². The third-order valence-corrected chi connectivity index (χ3v) is 3.95. The molecule has 3 heterocycles. The molecule has 8 nitrogen and oxygen atoms in total. The van der Waals surface area contributed by atoms with E-state index in [9.17, 15) is 9.59 Å². The van der Waals surface area contributed by atoms with Gasteiger partial charge in [-0.2, -0.15) is 0 Å². The molecule has 0 unspecified atom stereocenters. The van der Waals surface area contributed by atoms with Gasteiger partial charge in [0, 0.05) is 19.7 Å². The van der Waals surface area contributed by atoms with Gasteiger partial charge in [0.05, 0.1) is 36.4 Å². The molecule has 0 aliphatic carbocycles. The van der Waals surface area contributed by atoms with E-state index in [-0.39, 0.29) is 24.4 Å². The maximum atomic E-state index is 12.0. The topological polar surface area (TPSA) is 101 Å². The molecule has 2 aromatic rings. The largest absolute Gasteiger partial charge is 0.345 e. The van der Waals surface area contributed by atoms with Crippen molar-refractivity contribution >= 4 is 11.8 Å². The second-order valence-corrected chi connectivity index (χ2v) is 5.58. The molecule has 1 aliphatic rings. The smallest absolute Gasteiger partial charge is 0.270 e. The number of hydrogen-bond acceptors (Lipinski definition) is 6. The third kappa shape index (κ3) is 3.53. The summed E-state index contributed by atoms with van der Waals surface area (Å²) in [7, 11) is 0. The molecule has 0 radical (unpaired) electrons. The zero-order valence-corrected chi connectivity index (χ0v) is 13.3. The van der Waals surface area contributed by atoms with E-state index < -0.39 is 0 Å². The minimum absolute atomic E-state index is 0.0347. The van der Waals surface area contributed by atoms with Crippen LogP contribution in [0.4, 0.5) is 0 Å². The van der Waals surface area contributed by atoms with Crippen LogP contribution >= 0.6 is 0 Å². The van der Waals surface area contributed by atoms with Gasteiger partial charge >= 0.3 is 0 Å². The van der Waals surface area contributed by atoms with Gasteiger partial charge in [-0.15, -0.1) is 0 Å². The molecule has 1 saturated heterocycles. The molecular formula is C16H18N6O2. The second-order valence-electron chi connectivity index (χ2n) is 5.58. The van der Waals surface area contributed by atoms with Gasteiger partial charge in [-0.05, 0) is 18.9 Å². The second kappa shape index (κ2) is 7.12. The highest BCUT2D eigenvalue weighted by atomic mass is 16.2. The maximum absolute atomic E-state index is 12.0. The van der Waals surface area contributed by atoms with Crippen LogP contribution in [0.1, 0.15) is 47.7 Å². The van der Waals surface area contributed by atoms with Crippen molar-refractivity contribution < 1.29 is 9.59 Å². The van der Waals surface area contributed by atoms with Crippen LogP contribution in [0.15, 0.2) is 31.0 Å². The van der Waals surface area contributed by atoms with Gasteiger partial charge < -0.3 is 10.2 Å². The Morgan fingerprint density at radius 1 is 1.33 bits per heavy atom. The van der Waals surface area contributed by atoms with Crippen molar-refractivity contribution in [2.24, 2.45) is 0 Å². The summed E-state index contributed by atoms with van der Waals surface area (Å²) in [6, 6.07) is 1.51. The molecule has 1 fully saturated rings. The molecular weight excluding hydrogens is 308 g/mol. The number of aromatic nitrogens is 4. The zero-order valence-electron chi connectivity index (χ0n) is 13.3. The van der Waals surface area contributed by atoms with Crippen LogP contribution in [-0.4, -0.2) is 43.2 Å². The van der Waals surface area contributed by atoms with Crippen LogP contribution in [0, 0.1) is 0 Å². The van der Waals surface area contributed by atoms with Gasteiger partial charge in [-0.25, -0.2) is 9.97 Å². The molecule has 1 N–H and O–H groups in total. The highest BCUT2D eigenvalue weighted by molar-refractivity contribution is 5.91. The minimum atomic E-state index is -0.296. The fourth-order valence-electron chi connectivity index (χ4n) is 2.81. The Morgan fingerprint density at radius 2 is 2.21 bits per heavy atom. The van der Waals surface area contributed by atoms with E-state index in [0.29, 0.717) is 11.4 Å². The van der Waals surface area contributed by atoms with E-state index in [2.05, 4.69) is 25.3 Å². The van der Waals surface area contributed by atoms with Gasteiger partial charge in [-0.1, -0.05) is 0 Å². The van der Waals surface area contributed by atoms with Gasteiger partial charge in [-0.3, -0.25) is 19.6 Å². The summed E-state index contributed by atoms with van der Waals surface area (Å²) >= 11 is 0. The number of carbonyl (C=O) groups is 2. The Kier molecular flexibility index (Phi) is 4.74. The highest BCUT2D eigenvalue weighted by Crippen LogP contribution is 2.30. The van der Waals surface area contributed by atoms with Crippen molar-refractivity contribution in [1.82, 2.24) is 30.2 Å². The summed E-state index contributed by atoms with van der Waals surface area (Å²) in [6.45, 7) is 2.56. The maximum Gasteiger partial charge on any atom is 0.270 e. The minimum Gasteiger partial charge on any atom is -0.345 e. The van der Waals surface area contributed by atoms with Gasteiger partial charge in [0.1, 0.15) is 12.0 Å². The lowest BCUT2D eigenvalue weighted by Crippen LogP contribution is -2.29. The van der Waals surface area contributed by atoms with E-state index in [1.165, 1.54) is 12.5 Å². The molecule has 0 aromatic carbocycles. The quantitative estimate of drug-likeness (QED) is 0.895. The Labute approximate surface area is 139 Å². The van der Waals surface area contributed by atoms with Crippen LogP contribution in [0.2, 0.25) is 0 Å². The number of likely N-dealkylation sites (tertiary alicyclic amines) is 1.